The molecule has 0 spiro atoms. The van der Waals surface area contributed by atoms with Crippen molar-refractivity contribution >= 4 is 39.4 Å². The molecule has 1 heterocycles. The molecule has 0 radical (unpaired) electrons. The SMILES string of the molecule is C[C@@H](CC(=O)NCCSSCCC(=O)O)c1ccc2c(c1)OCO2.O=C(O)C(F)(F)F. The Bertz CT molecular complexity index is 762. The molecule has 0 unspecified atom stereocenters. The third-order valence-corrected chi connectivity index (χ3v) is 6.10. The van der Waals surface area contributed by atoms with Gasteiger partial charge in [-0.15, -0.1) is 0 Å². The van der Waals surface area contributed by atoms with Crippen molar-refractivity contribution in [1.82, 2.24) is 5.32 Å². The van der Waals surface area contributed by atoms with Crippen molar-refractivity contribution in [3.63, 3.8) is 0 Å². The predicted molar refractivity (Wildman–Crippen MR) is 109 cm³/mol. The Morgan fingerprint density at radius 3 is 2.35 bits per heavy atom. The van der Waals surface area contributed by atoms with Crippen molar-refractivity contribution in [2.75, 3.05) is 24.8 Å². The van der Waals surface area contributed by atoms with E-state index >= 15 is 0 Å². The average Bonchev–Trinajstić information content (AvgIpc) is 3.14. The zero-order valence-electron chi connectivity index (χ0n) is 16.4. The summed E-state index contributed by atoms with van der Waals surface area (Å²) in [7, 11) is 3.09. The molecule has 1 aromatic rings. The molecule has 8 nitrogen and oxygen atoms in total. The van der Waals surface area contributed by atoms with E-state index in [0.717, 1.165) is 22.8 Å². The van der Waals surface area contributed by atoms with Gasteiger partial charge in [-0.3, -0.25) is 9.59 Å². The molecule has 3 N–H and O–H groups in total. The highest BCUT2D eigenvalue weighted by molar-refractivity contribution is 8.76. The highest BCUT2D eigenvalue weighted by Crippen LogP contribution is 2.35. The number of fused-ring (bicyclic) bond motifs is 1. The minimum absolute atomic E-state index is 0.0105. The molecule has 1 aliphatic rings. The van der Waals surface area contributed by atoms with Crippen LogP contribution in [0.5, 0.6) is 11.5 Å². The summed E-state index contributed by atoms with van der Waals surface area (Å²) in [6, 6.07) is 5.76. The first-order chi connectivity index (χ1) is 14.5. The number of hydrogen-bond donors (Lipinski definition) is 3. The Hall–Kier alpha value is -2.28. The highest BCUT2D eigenvalue weighted by atomic mass is 33.1. The maximum absolute atomic E-state index is 12.0. The molecule has 0 saturated heterocycles. The summed E-state index contributed by atoms with van der Waals surface area (Å²) < 4.78 is 42.4. The number of carboxylic acid groups (broad SMARTS) is 2. The Balaban J connectivity index is 0.000000592. The number of benzene rings is 1. The molecular weight excluding hydrogens is 463 g/mol. The highest BCUT2D eigenvalue weighted by Gasteiger charge is 2.38. The topological polar surface area (TPSA) is 122 Å². The molecule has 13 heteroatoms. The van der Waals surface area contributed by atoms with Gasteiger partial charge < -0.3 is 25.0 Å². The third-order valence-electron chi connectivity index (χ3n) is 3.69. The molecule has 174 valence electrons. The van der Waals surface area contributed by atoms with E-state index < -0.39 is 18.1 Å². The molecule has 0 aromatic heterocycles. The zero-order valence-corrected chi connectivity index (χ0v) is 18.1. The molecule has 0 saturated carbocycles. The van der Waals surface area contributed by atoms with Crippen molar-refractivity contribution in [3.8, 4) is 11.5 Å². The van der Waals surface area contributed by atoms with Gasteiger partial charge in [-0.05, 0) is 23.6 Å². The van der Waals surface area contributed by atoms with Gasteiger partial charge in [-0.25, -0.2) is 4.79 Å². The van der Waals surface area contributed by atoms with Crippen LogP contribution in [0.3, 0.4) is 0 Å². The first-order valence-electron chi connectivity index (χ1n) is 8.93. The number of carbonyl (C=O) groups excluding carboxylic acids is 1. The Morgan fingerprint density at radius 1 is 1.13 bits per heavy atom. The monoisotopic (exact) mass is 485 g/mol. The van der Waals surface area contributed by atoms with Crippen LogP contribution in [0.15, 0.2) is 18.2 Å². The van der Waals surface area contributed by atoms with Crippen molar-refractivity contribution in [3.05, 3.63) is 23.8 Å². The molecule has 0 bridgehead atoms. The number of carbonyl (C=O) groups is 3. The van der Waals surface area contributed by atoms with E-state index in [-0.39, 0.29) is 25.0 Å². The van der Waals surface area contributed by atoms with E-state index in [1.165, 1.54) is 10.8 Å². The van der Waals surface area contributed by atoms with Gasteiger partial charge in [0, 0.05) is 24.5 Å². The number of rotatable bonds is 10. The smallest absolute Gasteiger partial charge is 0.481 e. The summed E-state index contributed by atoms with van der Waals surface area (Å²) >= 11 is 0. The fraction of sp³-hybridized carbons (Fsp3) is 0.500. The van der Waals surface area contributed by atoms with Crippen molar-refractivity contribution in [2.45, 2.75) is 31.9 Å². The van der Waals surface area contributed by atoms with Crippen LogP contribution in [0.4, 0.5) is 13.2 Å². The maximum Gasteiger partial charge on any atom is 0.490 e. The van der Waals surface area contributed by atoms with Gasteiger partial charge in [-0.2, -0.15) is 13.2 Å². The van der Waals surface area contributed by atoms with Gasteiger partial charge in [0.1, 0.15) is 0 Å². The van der Waals surface area contributed by atoms with Crippen LogP contribution >= 0.6 is 21.6 Å². The lowest BCUT2D eigenvalue weighted by molar-refractivity contribution is -0.192. The summed E-state index contributed by atoms with van der Waals surface area (Å²) in [5.74, 6) is -0.624. The summed E-state index contributed by atoms with van der Waals surface area (Å²) in [5, 5.41) is 18.5. The number of amides is 1. The third kappa shape index (κ3) is 11.1. The number of nitrogens with one attached hydrogen (secondary N) is 1. The quantitative estimate of drug-likeness (QED) is 0.337. The summed E-state index contributed by atoms with van der Waals surface area (Å²) in [6.07, 6.45) is -4.51. The normalized spacial score (nSPS) is 13.0. The average molecular weight is 486 g/mol. The van der Waals surface area contributed by atoms with Crippen molar-refractivity contribution < 1.29 is 47.2 Å². The number of alkyl halides is 3. The standard InChI is InChI=1S/C16H21NO5S2.C2HF3O2/c1-11(12-2-3-13-14(9-12)22-10-21-13)8-15(18)17-5-7-24-23-6-4-16(19)20;3-2(4,5)1(6)7/h2-3,9,11H,4-8,10H2,1H3,(H,17,18)(H,19,20);(H,6,7)/t11-;/m0./s1. The molecule has 1 aromatic carbocycles. The lowest BCUT2D eigenvalue weighted by atomic mass is 9.97. The minimum Gasteiger partial charge on any atom is -0.481 e. The number of halogens is 3. The van der Waals surface area contributed by atoms with E-state index in [9.17, 15) is 22.8 Å². The second-order valence-corrected chi connectivity index (χ2v) is 8.86. The van der Waals surface area contributed by atoms with Gasteiger partial charge in [-0.1, -0.05) is 34.6 Å². The molecule has 0 aliphatic carbocycles. The van der Waals surface area contributed by atoms with Gasteiger partial charge in [0.15, 0.2) is 11.5 Å². The lowest BCUT2D eigenvalue weighted by Crippen LogP contribution is -2.26. The van der Waals surface area contributed by atoms with Crippen LogP contribution in [0.25, 0.3) is 0 Å². The molecular formula is C18H22F3NO7S2. The van der Waals surface area contributed by atoms with Crippen molar-refractivity contribution in [1.29, 1.82) is 0 Å². The zero-order chi connectivity index (χ0) is 23.4. The second-order valence-electron chi connectivity index (χ2n) is 6.16. The van der Waals surface area contributed by atoms with Gasteiger partial charge in [0.2, 0.25) is 12.7 Å². The van der Waals surface area contributed by atoms with Gasteiger partial charge >= 0.3 is 18.1 Å². The largest absolute Gasteiger partial charge is 0.490 e. The maximum atomic E-state index is 12.0. The van der Waals surface area contributed by atoms with Gasteiger partial charge in [0.25, 0.3) is 0 Å². The van der Waals surface area contributed by atoms with Crippen LogP contribution in [-0.4, -0.2) is 59.1 Å². The molecule has 1 aliphatic heterocycles. The van der Waals surface area contributed by atoms with Crippen LogP contribution < -0.4 is 14.8 Å². The van der Waals surface area contributed by atoms with Crippen LogP contribution in [-0.2, 0) is 14.4 Å². The first-order valence-corrected chi connectivity index (χ1v) is 11.4. The second kappa shape index (κ2) is 13.2. The minimum atomic E-state index is -5.08. The first kappa shape index (κ1) is 26.8. The van der Waals surface area contributed by atoms with Crippen LogP contribution in [0, 0.1) is 0 Å². The number of ether oxygens (including phenoxy) is 2. The molecule has 1 atom stereocenters. The number of hydrogen-bond acceptors (Lipinski definition) is 7. The predicted octanol–water partition coefficient (Wildman–Crippen LogP) is 3.51. The fourth-order valence-electron chi connectivity index (χ4n) is 2.17. The molecule has 0 fully saturated rings. The fourth-order valence-corrected chi connectivity index (χ4v) is 4.05. The van der Waals surface area contributed by atoms with Crippen LogP contribution in [0.1, 0.15) is 31.2 Å². The lowest BCUT2D eigenvalue weighted by Gasteiger charge is -2.12. The number of carboxylic acids is 2. The summed E-state index contributed by atoms with van der Waals surface area (Å²) in [5.41, 5.74) is 1.05. The molecule has 31 heavy (non-hydrogen) atoms. The Kier molecular flexibility index (Phi) is 11.4. The van der Waals surface area contributed by atoms with E-state index in [0.29, 0.717) is 18.7 Å². The summed E-state index contributed by atoms with van der Waals surface area (Å²) in [4.78, 5) is 31.2. The van der Waals surface area contributed by atoms with E-state index in [1.54, 1.807) is 10.8 Å². The summed E-state index contributed by atoms with van der Waals surface area (Å²) in [6.45, 7) is 2.83. The van der Waals surface area contributed by atoms with Crippen molar-refractivity contribution in [2.24, 2.45) is 0 Å². The number of aliphatic carboxylic acids is 2. The van der Waals surface area contributed by atoms with E-state index in [4.69, 9.17) is 24.5 Å². The van der Waals surface area contributed by atoms with E-state index in [2.05, 4.69) is 5.32 Å². The molecule has 2 rings (SSSR count). The Labute approximate surface area is 184 Å². The van der Waals surface area contributed by atoms with E-state index in [1.807, 2.05) is 25.1 Å². The van der Waals surface area contributed by atoms with Crippen LogP contribution in [0.2, 0.25) is 0 Å². The molecule has 1 amide bonds. The Morgan fingerprint density at radius 2 is 1.74 bits per heavy atom. The van der Waals surface area contributed by atoms with Gasteiger partial charge in [0.05, 0.1) is 6.42 Å².